The van der Waals surface area contributed by atoms with Crippen LogP contribution in [0.2, 0.25) is 0 Å². The third kappa shape index (κ3) is 3.01. The second-order valence-corrected chi connectivity index (χ2v) is 7.64. The maximum atomic E-state index is 4.21. The largest absolute Gasteiger partial charge is 0.217 e. The summed E-state index contributed by atoms with van der Waals surface area (Å²) in [5.41, 5.74) is 0. The van der Waals surface area contributed by atoms with Crippen LogP contribution in [0.3, 0.4) is 0 Å². The quantitative estimate of drug-likeness (QED) is 0.808. The molecule has 0 saturated heterocycles. The van der Waals surface area contributed by atoms with Crippen molar-refractivity contribution in [3.63, 3.8) is 0 Å². The molecule has 2 heterocycles. The van der Waals surface area contributed by atoms with Gasteiger partial charge in [-0.1, -0.05) is 31.0 Å². The first-order chi connectivity index (χ1) is 9.74. The maximum Gasteiger partial charge on any atom is 0.210 e. The summed E-state index contributed by atoms with van der Waals surface area (Å²) in [5, 5.41) is 23.7. The van der Waals surface area contributed by atoms with Gasteiger partial charge in [0.2, 0.25) is 5.16 Å². The van der Waals surface area contributed by atoms with Gasteiger partial charge in [0.25, 0.3) is 0 Å². The second kappa shape index (κ2) is 6.17. The molecule has 1 aliphatic rings. The summed E-state index contributed by atoms with van der Waals surface area (Å²) in [6.07, 6.45) is 6.26. The summed E-state index contributed by atoms with van der Waals surface area (Å²) in [6.45, 7) is 4.11. The summed E-state index contributed by atoms with van der Waals surface area (Å²) in [6, 6.07) is 0.463. The van der Waals surface area contributed by atoms with Crippen molar-refractivity contribution in [2.75, 3.05) is 0 Å². The normalized spacial score (nSPS) is 18.3. The average molecular weight is 310 g/mol. The molecule has 0 radical (unpaired) electrons. The predicted octanol–water partition coefficient (Wildman–Crippen LogP) is 3.19. The molecule has 0 N–H and O–H groups in total. The molecular formula is C12H18N6S2. The minimum absolute atomic E-state index is 0.231. The lowest BCUT2D eigenvalue weighted by molar-refractivity contribution is 0.307. The van der Waals surface area contributed by atoms with E-state index in [-0.39, 0.29) is 5.25 Å². The van der Waals surface area contributed by atoms with Crippen LogP contribution in [0.25, 0.3) is 0 Å². The standard InChI is InChI=1S/C12H18N6S2/c1-8(11-14-13-9(2)20-11)19-12-15-16-17-18(12)10-6-4-3-5-7-10/h8,10H,3-7H2,1-2H3. The first-order valence-electron chi connectivity index (χ1n) is 6.98. The Bertz CT molecular complexity index is 560. The van der Waals surface area contributed by atoms with Crippen LogP contribution in [-0.2, 0) is 0 Å². The lowest BCUT2D eigenvalue weighted by Crippen LogP contribution is -2.15. The Hall–Kier alpha value is -1.02. The van der Waals surface area contributed by atoms with Gasteiger partial charge in [0.05, 0.1) is 11.3 Å². The Labute approximate surface area is 126 Å². The highest BCUT2D eigenvalue weighted by molar-refractivity contribution is 7.99. The zero-order chi connectivity index (χ0) is 13.9. The SMILES string of the molecule is Cc1nnc(C(C)Sc2nnnn2C2CCCCC2)s1. The number of hydrogen-bond acceptors (Lipinski definition) is 7. The van der Waals surface area contributed by atoms with Crippen LogP contribution in [-0.4, -0.2) is 30.4 Å². The monoisotopic (exact) mass is 310 g/mol. The van der Waals surface area contributed by atoms with Gasteiger partial charge in [0, 0.05) is 0 Å². The Morgan fingerprint density at radius 3 is 2.70 bits per heavy atom. The molecule has 20 heavy (non-hydrogen) atoms. The van der Waals surface area contributed by atoms with Gasteiger partial charge in [-0.25, -0.2) is 4.68 Å². The Kier molecular flexibility index (Phi) is 4.30. The zero-order valence-electron chi connectivity index (χ0n) is 11.7. The van der Waals surface area contributed by atoms with Crippen LogP contribution in [0, 0.1) is 6.92 Å². The van der Waals surface area contributed by atoms with E-state index >= 15 is 0 Å². The Morgan fingerprint density at radius 2 is 2.00 bits per heavy atom. The van der Waals surface area contributed by atoms with Gasteiger partial charge in [-0.15, -0.1) is 26.6 Å². The van der Waals surface area contributed by atoms with E-state index in [9.17, 15) is 0 Å². The molecule has 1 atom stereocenters. The topological polar surface area (TPSA) is 69.4 Å². The third-order valence-corrected chi connectivity index (χ3v) is 5.78. The van der Waals surface area contributed by atoms with Crippen molar-refractivity contribution in [3.05, 3.63) is 10.0 Å². The lowest BCUT2D eigenvalue weighted by atomic mass is 9.96. The van der Waals surface area contributed by atoms with Crippen LogP contribution < -0.4 is 0 Å². The zero-order valence-corrected chi connectivity index (χ0v) is 13.3. The van der Waals surface area contributed by atoms with Crippen LogP contribution in [0.4, 0.5) is 0 Å². The smallest absolute Gasteiger partial charge is 0.210 e. The van der Waals surface area contributed by atoms with Crippen LogP contribution in [0.1, 0.15) is 60.3 Å². The molecule has 6 nitrogen and oxygen atoms in total. The van der Waals surface area contributed by atoms with Gasteiger partial charge < -0.3 is 0 Å². The van der Waals surface area contributed by atoms with Gasteiger partial charge in [0.15, 0.2) is 0 Å². The molecule has 0 aromatic carbocycles. The highest BCUT2D eigenvalue weighted by Crippen LogP contribution is 2.37. The molecule has 2 aromatic heterocycles. The van der Waals surface area contributed by atoms with Crippen molar-refractivity contribution < 1.29 is 0 Å². The van der Waals surface area contributed by atoms with E-state index in [0.29, 0.717) is 6.04 Å². The number of nitrogens with zero attached hydrogens (tertiary/aromatic N) is 6. The van der Waals surface area contributed by atoms with E-state index in [2.05, 4.69) is 32.6 Å². The van der Waals surface area contributed by atoms with Crippen molar-refractivity contribution in [3.8, 4) is 0 Å². The highest BCUT2D eigenvalue weighted by atomic mass is 32.2. The molecule has 0 aliphatic heterocycles. The second-order valence-electron chi connectivity index (χ2n) is 5.12. The average Bonchev–Trinajstić information content (AvgIpc) is 3.09. The predicted molar refractivity (Wildman–Crippen MR) is 78.9 cm³/mol. The maximum absolute atomic E-state index is 4.21. The molecule has 2 aromatic rings. The number of thioether (sulfide) groups is 1. The molecule has 8 heteroatoms. The van der Waals surface area contributed by atoms with E-state index < -0.39 is 0 Å². The summed E-state index contributed by atoms with van der Waals surface area (Å²) in [7, 11) is 0. The summed E-state index contributed by atoms with van der Waals surface area (Å²) in [5.74, 6) is 0. The van der Waals surface area contributed by atoms with Gasteiger partial charge in [-0.2, -0.15) is 0 Å². The number of hydrogen-bond donors (Lipinski definition) is 0. The molecule has 0 bridgehead atoms. The van der Waals surface area contributed by atoms with Crippen LogP contribution in [0.15, 0.2) is 5.16 Å². The summed E-state index contributed by atoms with van der Waals surface area (Å²) >= 11 is 3.31. The van der Waals surface area contributed by atoms with E-state index in [1.807, 2.05) is 11.6 Å². The van der Waals surface area contributed by atoms with Gasteiger partial charge >= 0.3 is 0 Å². The van der Waals surface area contributed by atoms with Crippen molar-refractivity contribution >= 4 is 23.1 Å². The first kappa shape index (κ1) is 13.9. The molecule has 0 spiro atoms. The molecular weight excluding hydrogens is 292 g/mol. The molecule has 1 fully saturated rings. The van der Waals surface area contributed by atoms with Crippen molar-refractivity contribution in [2.24, 2.45) is 0 Å². The number of aromatic nitrogens is 6. The molecule has 0 amide bonds. The molecule has 1 aliphatic carbocycles. The fourth-order valence-corrected chi connectivity index (χ4v) is 4.26. The fraction of sp³-hybridized carbons (Fsp3) is 0.750. The van der Waals surface area contributed by atoms with Gasteiger partial charge in [-0.3, -0.25) is 0 Å². The van der Waals surface area contributed by atoms with Crippen molar-refractivity contribution in [1.82, 2.24) is 30.4 Å². The fourth-order valence-electron chi connectivity index (χ4n) is 2.50. The summed E-state index contributed by atoms with van der Waals surface area (Å²) < 4.78 is 2.01. The van der Waals surface area contributed by atoms with Crippen molar-refractivity contribution in [2.45, 2.75) is 62.4 Å². The van der Waals surface area contributed by atoms with E-state index in [1.54, 1.807) is 23.1 Å². The Morgan fingerprint density at radius 1 is 1.20 bits per heavy atom. The van der Waals surface area contributed by atoms with Gasteiger partial charge in [-0.05, 0) is 37.1 Å². The van der Waals surface area contributed by atoms with Crippen LogP contribution >= 0.6 is 23.1 Å². The van der Waals surface area contributed by atoms with Gasteiger partial charge in [0.1, 0.15) is 10.0 Å². The highest BCUT2D eigenvalue weighted by Gasteiger charge is 2.22. The summed E-state index contributed by atoms with van der Waals surface area (Å²) in [4.78, 5) is 0. The van der Waals surface area contributed by atoms with Crippen molar-refractivity contribution in [1.29, 1.82) is 0 Å². The number of aryl methyl sites for hydroxylation is 1. The Balaban J connectivity index is 1.72. The van der Waals surface area contributed by atoms with E-state index in [4.69, 9.17) is 0 Å². The van der Waals surface area contributed by atoms with E-state index in [1.165, 1.54) is 32.1 Å². The minimum atomic E-state index is 0.231. The molecule has 3 rings (SSSR count). The number of rotatable bonds is 4. The minimum Gasteiger partial charge on any atom is -0.217 e. The molecule has 108 valence electrons. The van der Waals surface area contributed by atoms with E-state index in [0.717, 1.165) is 15.2 Å². The number of tetrazole rings is 1. The third-order valence-electron chi connectivity index (χ3n) is 3.55. The molecule has 1 unspecified atom stereocenters. The molecule has 1 saturated carbocycles. The van der Waals surface area contributed by atoms with Crippen LogP contribution in [0.5, 0.6) is 0 Å². The first-order valence-corrected chi connectivity index (χ1v) is 8.68. The lowest BCUT2D eigenvalue weighted by Gasteiger charge is -2.22.